The molecule has 0 spiro atoms. The van der Waals surface area contributed by atoms with Crippen LogP contribution in [0.25, 0.3) is 0 Å². The van der Waals surface area contributed by atoms with Crippen LogP contribution in [0.4, 0.5) is 0 Å². The van der Waals surface area contributed by atoms with Crippen molar-refractivity contribution in [3.63, 3.8) is 0 Å². The average molecular weight is 157 g/mol. The molecule has 0 aromatic heterocycles. The molecule has 64 valence electrons. The minimum absolute atomic E-state index is 0.00134. The number of hydrogen-bond donors (Lipinski definition) is 1. The van der Waals surface area contributed by atoms with Crippen LogP contribution in [0.2, 0.25) is 0 Å². The van der Waals surface area contributed by atoms with Crippen LogP contribution in [0.1, 0.15) is 26.7 Å². The molecule has 2 N–H and O–H groups in total. The van der Waals surface area contributed by atoms with Crippen LogP contribution in [0.3, 0.4) is 0 Å². The van der Waals surface area contributed by atoms with E-state index in [4.69, 9.17) is 10.5 Å². The zero-order valence-corrected chi connectivity index (χ0v) is 7.04. The summed E-state index contributed by atoms with van der Waals surface area (Å²) in [7, 11) is 0. The molecule has 0 aliphatic carbocycles. The summed E-state index contributed by atoms with van der Waals surface area (Å²) in [4.78, 5) is 10.7. The van der Waals surface area contributed by atoms with E-state index in [1.54, 1.807) is 0 Å². The monoisotopic (exact) mass is 157 g/mol. The Hall–Kier alpha value is -0.570. The molecule has 1 saturated heterocycles. The number of rotatable bonds is 2. The van der Waals surface area contributed by atoms with Gasteiger partial charge in [-0.3, -0.25) is 4.79 Å². The minimum Gasteiger partial charge on any atom is -0.461 e. The van der Waals surface area contributed by atoms with E-state index in [1.807, 2.05) is 13.8 Å². The van der Waals surface area contributed by atoms with Crippen LogP contribution in [0, 0.1) is 5.92 Å². The number of cyclic esters (lactones) is 1. The van der Waals surface area contributed by atoms with Gasteiger partial charge in [-0.2, -0.15) is 0 Å². The Morgan fingerprint density at radius 1 is 1.64 bits per heavy atom. The molecule has 2 atom stereocenters. The summed E-state index contributed by atoms with van der Waals surface area (Å²) in [5.41, 5.74) is 5.81. The molecule has 3 heteroatoms. The second-order valence-corrected chi connectivity index (χ2v) is 3.39. The molecule has 1 rings (SSSR count). The van der Waals surface area contributed by atoms with Gasteiger partial charge in [0.15, 0.2) is 0 Å². The highest BCUT2D eigenvalue weighted by Gasteiger charge is 2.30. The van der Waals surface area contributed by atoms with E-state index in [9.17, 15) is 4.79 Å². The number of hydrogen-bond acceptors (Lipinski definition) is 3. The Kier molecular flexibility index (Phi) is 2.49. The number of esters is 1. The van der Waals surface area contributed by atoms with Crippen molar-refractivity contribution >= 4 is 5.97 Å². The van der Waals surface area contributed by atoms with Crippen molar-refractivity contribution in [1.82, 2.24) is 0 Å². The van der Waals surface area contributed by atoms with Crippen molar-refractivity contribution in [3.05, 3.63) is 0 Å². The van der Waals surface area contributed by atoms with Gasteiger partial charge in [-0.15, -0.1) is 0 Å². The van der Waals surface area contributed by atoms with Crippen LogP contribution in [-0.4, -0.2) is 18.1 Å². The molecule has 11 heavy (non-hydrogen) atoms. The molecule has 0 bridgehead atoms. The van der Waals surface area contributed by atoms with Crippen molar-refractivity contribution in [1.29, 1.82) is 0 Å². The third-order valence-corrected chi connectivity index (χ3v) is 2.11. The molecule has 1 heterocycles. The smallest absolute Gasteiger partial charge is 0.306 e. The predicted octanol–water partition coefficient (Wildman–Crippen LogP) is 0.675. The van der Waals surface area contributed by atoms with Gasteiger partial charge >= 0.3 is 5.97 Å². The third-order valence-electron chi connectivity index (χ3n) is 2.11. The van der Waals surface area contributed by atoms with Gasteiger partial charge in [0.1, 0.15) is 6.10 Å². The maximum Gasteiger partial charge on any atom is 0.306 e. The Labute approximate surface area is 66.9 Å². The molecule has 1 aliphatic rings. The number of carbonyl (C=O) groups excluding carboxylic acids is 1. The quantitative estimate of drug-likeness (QED) is 0.599. The third kappa shape index (κ3) is 1.93. The Bertz CT molecular complexity index is 156. The van der Waals surface area contributed by atoms with Gasteiger partial charge in [0.2, 0.25) is 0 Å². The standard InChI is InChI=1S/C8H15NO2/c1-5(2)8(9)6-3-4-7(10)11-6/h5-6,8H,3-4,9H2,1-2H3/t6-,8+/m1/s1. The molecule has 0 unspecified atom stereocenters. The lowest BCUT2D eigenvalue weighted by Crippen LogP contribution is -2.38. The average Bonchev–Trinajstić information content (AvgIpc) is 2.34. The molecule has 0 aromatic rings. The van der Waals surface area contributed by atoms with Crippen molar-refractivity contribution < 1.29 is 9.53 Å². The van der Waals surface area contributed by atoms with Crippen LogP contribution in [0.5, 0.6) is 0 Å². The lowest BCUT2D eigenvalue weighted by Gasteiger charge is -2.21. The van der Waals surface area contributed by atoms with Crippen LogP contribution < -0.4 is 5.73 Å². The van der Waals surface area contributed by atoms with E-state index in [2.05, 4.69) is 0 Å². The summed E-state index contributed by atoms with van der Waals surface area (Å²) in [6.07, 6.45) is 1.28. The largest absolute Gasteiger partial charge is 0.461 e. The molecular weight excluding hydrogens is 142 g/mol. The first kappa shape index (κ1) is 8.53. The van der Waals surface area contributed by atoms with Gasteiger partial charge in [0.05, 0.1) is 0 Å². The highest BCUT2D eigenvalue weighted by molar-refractivity contribution is 5.71. The van der Waals surface area contributed by atoms with E-state index in [0.29, 0.717) is 12.3 Å². The molecule has 0 aromatic carbocycles. The molecule has 1 aliphatic heterocycles. The van der Waals surface area contributed by atoms with Crippen LogP contribution in [-0.2, 0) is 9.53 Å². The van der Waals surface area contributed by atoms with Crippen molar-refractivity contribution in [2.45, 2.75) is 38.8 Å². The van der Waals surface area contributed by atoms with Gasteiger partial charge < -0.3 is 10.5 Å². The summed E-state index contributed by atoms with van der Waals surface area (Å²) in [6, 6.07) is 0.00134. The van der Waals surface area contributed by atoms with E-state index < -0.39 is 0 Å². The van der Waals surface area contributed by atoms with E-state index in [0.717, 1.165) is 6.42 Å². The normalized spacial score (nSPS) is 27.3. The number of carbonyl (C=O) groups is 1. The van der Waals surface area contributed by atoms with Gasteiger partial charge in [-0.05, 0) is 12.3 Å². The highest BCUT2D eigenvalue weighted by Crippen LogP contribution is 2.19. The number of nitrogens with two attached hydrogens (primary N) is 1. The van der Waals surface area contributed by atoms with Crippen LogP contribution in [0.15, 0.2) is 0 Å². The van der Waals surface area contributed by atoms with E-state index >= 15 is 0 Å². The Morgan fingerprint density at radius 2 is 2.27 bits per heavy atom. The lowest BCUT2D eigenvalue weighted by atomic mass is 9.98. The second kappa shape index (κ2) is 3.22. The number of ether oxygens (including phenoxy) is 1. The summed E-state index contributed by atoms with van der Waals surface area (Å²) in [5, 5.41) is 0. The highest BCUT2D eigenvalue weighted by atomic mass is 16.5. The Balaban J connectivity index is 2.43. The lowest BCUT2D eigenvalue weighted by molar-refractivity contribution is -0.142. The Morgan fingerprint density at radius 3 is 2.64 bits per heavy atom. The van der Waals surface area contributed by atoms with Gasteiger partial charge in [0.25, 0.3) is 0 Å². The van der Waals surface area contributed by atoms with Crippen LogP contribution >= 0.6 is 0 Å². The SMILES string of the molecule is CC(C)[C@H](N)[C@H]1CCC(=O)O1. The van der Waals surface area contributed by atoms with Crippen molar-refractivity contribution in [3.8, 4) is 0 Å². The topological polar surface area (TPSA) is 52.3 Å². The summed E-state index contributed by atoms with van der Waals surface area (Å²) >= 11 is 0. The van der Waals surface area contributed by atoms with Gasteiger partial charge in [0, 0.05) is 12.5 Å². The molecule has 1 fully saturated rings. The first-order valence-corrected chi connectivity index (χ1v) is 4.06. The first-order chi connectivity index (χ1) is 5.11. The molecular formula is C8H15NO2. The maximum atomic E-state index is 10.7. The first-order valence-electron chi connectivity index (χ1n) is 4.06. The van der Waals surface area contributed by atoms with Crippen molar-refractivity contribution in [2.75, 3.05) is 0 Å². The summed E-state index contributed by atoms with van der Waals surface area (Å²) < 4.78 is 5.02. The predicted molar refractivity (Wildman–Crippen MR) is 41.9 cm³/mol. The molecule has 3 nitrogen and oxygen atoms in total. The summed E-state index contributed by atoms with van der Waals surface area (Å²) in [5.74, 6) is 0.275. The van der Waals surface area contributed by atoms with Gasteiger partial charge in [-0.1, -0.05) is 13.8 Å². The summed E-state index contributed by atoms with van der Waals surface area (Å²) in [6.45, 7) is 4.08. The molecule has 0 radical (unpaired) electrons. The fourth-order valence-electron chi connectivity index (χ4n) is 1.25. The zero-order chi connectivity index (χ0) is 8.43. The zero-order valence-electron chi connectivity index (χ0n) is 7.04. The fourth-order valence-corrected chi connectivity index (χ4v) is 1.25. The van der Waals surface area contributed by atoms with E-state index in [1.165, 1.54) is 0 Å². The molecule has 0 amide bonds. The minimum atomic E-state index is -0.105. The maximum absolute atomic E-state index is 10.7. The molecule has 0 saturated carbocycles. The van der Waals surface area contributed by atoms with E-state index in [-0.39, 0.29) is 18.1 Å². The van der Waals surface area contributed by atoms with Crippen molar-refractivity contribution in [2.24, 2.45) is 11.7 Å². The fraction of sp³-hybridized carbons (Fsp3) is 0.875. The van der Waals surface area contributed by atoms with Gasteiger partial charge in [-0.25, -0.2) is 0 Å². The second-order valence-electron chi connectivity index (χ2n) is 3.39.